The first-order valence-electron chi connectivity index (χ1n) is 11.0. The largest absolute Gasteiger partial charge is 0.370 e. The van der Waals surface area contributed by atoms with Crippen molar-refractivity contribution in [1.82, 2.24) is 4.90 Å². The Hall–Kier alpha value is -2.94. The number of likely N-dealkylation sites (tertiary alicyclic amines) is 1. The summed E-state index contributed by atoms with van der Waals surface area (Å²) >= 11 is 12.6. The van der Waals surface area contributed by atoms with Crippen LogP contribution in [0, 0.1) is 18.8 Å². The van der Waals surface area contributed by atoms with Crippen LogP contribution < -0.4 is 16.4 Å². The highest BCUT2D eigenvalue weighted by Crippen LogP contribution is 2.51. The molecular weight excluding hydrogens is 479 g/mol. The molecule has 3 heterocycles. The maximum Gasteiger partial charge on any atom is 0.291 e. The number of hydrogen-bond donors (Lipinski definition) is 3. The smallest absolute Gasteiger partial charge is 0.291 e. The van der Waals surface area contributed by atoms with Crippen LogP contribution in [0.15, 0.2) is 36.4 Å². The second-order valence-corrected chi connectivity index (χ2v) is 10.0. The summed E-state index contributed by atoms with van der Waals surface area (Å²) in [6.45, 7) is 1.83. The van der Waals surface area contributed by atoms with Crippen molar-refractivity contribution >= 4 is 52.5 Å². The summed E-state index contributed by atoms with van der Waals surface area (Å²) in [5, 5.41) is 5.55. The molecule has 0 aromatic heterocycles. The third kappa shape index (κ3) is 3.24. The van der Waals surface area contributed by atoms with Gasteiger partial charge in [0.15, 0.2) is 0 Å². The number of amides is 4. The highest BCUT2D eigenvalue weighted by molar-refractivity contribution is 6.31. The Balaban J connectivity index is 1.62. The molecule has 5 N–H and O–H groups in total. The molecule has 1 spiro atoms. The van der Waals surface area contributed by atoms with Gasteiger partial charge in [-0.1, -0.05) is 41.4 Å². The lowest BCUT2D eigenvalue weighted by Gasteiger charge is -2.26. The second-order valence-electron chi connectivity index (χ2n) is 9.16. The molecule has 10 heteroatoms. The van der Waals surface area contributed by atoms with E-state index in [9.17, 15) is 19.2 Å². The minimum absolute atomic E-state index is 0.00596. The summed E-state index contributed by atoms with van der Waals surface area (Å²) in [6.07, 6.45) is 0.300. The molecule has 2 aromatic rings. The molecule has 0 radical (unpaired) electrons. The van der Waals surface area contributed by atoms with Crippen LogP contribution in [-0.4, -0.2) is 34.6 Å². The quantitative estimate of drug-likeness (QED) is 0.536. The molecule has 0 aliphatic carbocycles. The summed E-state index contributed by atoms with van der Waals surface area (Å²) in [6, 6.07) is 9.93. The Labute approximate surface area is 205 Å². The van der Waals surface area contributed by atoms with Crippen molar-refractivity contribution in [2.45, 2.75) is 37.9 Å². The average molecular weight is 502 g/mol. The van der Waals surface area contributed by atoms with Gasteiger partial charge in [0.05, 0.1) is 12.2 Å². The fraction of sp³-hybridized carbons (Fsp3) is 0.333. The zero-order chi connectivity index (χ0) is 24.4. The molecule has 2 fully saturated rings. The van der Waals surface area contributed by atoms with E-state index in [-0.39, 0.29) is 31.2 Å². The molecule has 34 heavy (non-hydrogen) atoms. The Kier molecular flexibility index (Phi) is 5.42. The van der Waals surface area contributed by atoms with E-state index in [0.29, 0.717) is 26.9 Å². The minimum atomic E-state index is -1.36. The van der Waals surface area contributed by atoms with E-state index in [0.717, 1.165) is 5.56 Å². The van der Waals surface area contributed by atoms with Crippen molar-refractivity contribution in [2.75, 3.05) is 5.32 Å². The number of halogens is 2. The van der Waals surface area contributed by atoms with E-state index in [1.165, 1.54) is 4.90 Å². The zero-order valence-corrected chi connectivity index (χ0v) is 19.8. The predicted molar refractivity (Wildman–Crippen MR) is 125 cm³/mol. The van der Waals surface area contributed by atoms with Crippen LogP contribution in [0.5, 0.6) is 0 Å². The average Bonchev–Trinajstić information content (AvgIpc) is 3.35. The number of nitrogens with two attached hydrogens (primary N) is 2. The number of aryl methyl sites for hydroxylation is 1. The summed E-state index contributed by atoms with van der Waals surface area (Å²) in [7, 11) is 0. The van der Waals surface area contributed by atoms with Crippen molar-refractivity contribution in [3.63, 3.8) is 0 Å². The third-order valence-corrected chi connectivity index (χ3v) is 7.83. The molecule has 0 saturated carbocycles. The van der Waals surface area contributed by atoms with Crippen LogP contribution in [0.25, 0.3) is 0 Å². The fourth-order valence-electron chi connectivity index (χ4n) is 5.78. The lowest BCUT2D eigenvalue weighted by Crippen LogP contribution is -2.99. The van der Waals surface area contributed by atoms with Crippen LogP contribution >= 0.6 is 23.2 Å². The van der Waals surface area contributed by atoms with E-state index >= 15 is 0 Å². The van der Waals surface area contributed by atoms with Gasteiger partial charge < -0.3 is 16.4 Å². The number of imide groups is 1. The Morgan fingerprint density at radius 1 is 1.18 bits per heavy atom. The number of quaternary nitrogens is 1. The molecular formula is C24H23Cl2N4O4+. The Morgan fingerprint density at radius 2 is 1.91 bits per heavy atom. The van der Waals surface area contributed by atoms with Gasteiger partial charge in [0, 0.05) is 28.5 Å². The normalized spacial score (nSPS) is 27.3. The second kappa shape index (κ2) is 8.08. The highest BCUT2D eigenvalue weighted by Gasteiger charge is 2.74. The molecule has 176 valence electrons. The number of fused-ring (bicyclic) bond motifs is 4. The first-order valence-corrected chi connectivity index (χ1v) is 11.8. The SMILES string of the molecule is Cc1cc(Cl)cc2c1NC(=O)[C@@]21[NH2+][C@@H](CCC(N)=O)[C@H]2C(=O)N(Cc3ccccc3Cl)C(=O)[C@H]21. The number of carbonyl (C=O) groups excluding carboxylic acids is 4. The molecule has 3 aliphatic rings. The van der Waals surface area contributed by atoms with Gasteiger partial charge in [0.2, 0.25) is 23.3 Å². The van der Waals surface area contributed by atoms with E-state index in [2.05, 4.69) is 5.32 Å². The van der Waals surface area contributed by atoms with Crippen molar-refractivity contribution in [3.8, 4) is 0 Å². The van der Waals surface area contributed by atoms with E-state index in [4.69, 9.17) is 28.9 Å². The van der Waals surface area contributed by atoms with E-state index in [1.807, 2.05) is 6.92 Å². The fourth-order valence-corrected chi connectivity index (χ4v) is 6.25. The van der Waals surface area contributed by atoms with Crippen LogP contribution in [0.4, 0.5) is 5.69 Å². The lowest BCUT2D eigenvalue weighted by molar-refractivity contribution is -0.734. The summed E-state index contributed by atoms with van der Waals surface area (Å²) in [4.78, 5) is 53.7. The van der Waals surface area contributed by atoms with Gasteiger partial charge in [0.25, 0.3) is 5.91 Å². The molecule has 4 atom stereocenters. The number of nitrogens with one attached hydrogen (secondary N) is 1. The molecule has 4 amide bonds. The Morgan fingerprint density at radius 3 is 2.62 bits per heavy atom. The van der Waals surface area contributed by atoms with Crippen molar-refractivity contribution < 1.29 is 24.5 Å². The molecule has 2 saturated heterocycles. The summed E-state index contributed by atoms with van der Waals surface area (Å²) in [5.74, 6) is -3.42. The number of rotatable bonds is 5. The zero-order valence-electron chi connectivity index (χ0n) is 18.3. The first-order chi connectivity index (χ1) is 16.1. The van der Waals surface area contributed by atoms with E-state index in [1.54, 1.807) is 41.7 Å². The van der Waals surface area contributed by atoms with Gasteiger partial charge in [-0.05, 0) is 36.2 Å². The van der Waals surface area contributed by atoms with Crippen LogP contribution in [0.3, 0.4) is 0 Å². The lowest BCUT2D eigenvalue weighted by atomic mass is 9.76. The van der Waals surface area contributed by atoms with Gasteiger partial charge in [-0.15, -0.1) is 0 Å². The maximum atomic E-state index is 13.8. The number of primary amides is 1. The number of hydrogen-bond acceptors (Lipinski definition) is 4. The molecule has 0 bridgehead atoms. The van der Waals surface area contributed by atoms with Gasteiger partial charge >= 0.3 is 0 Å². The van der Waals surface area contributed by atoms with Crippen LogP contribution in [0.2, 0.25) is 10.0 Å². The van der Waals surface area contributed by atoms with Gasteiger partial charge in [-0.3, -0.25) is 24.1 Å². The van der Waals surface area contributed by atoms with Crippen molar-refractivity contribution in [2.24, 2.45) is 17.6 Å². The first kappa shape index (κ1) is 22.8. The number of nitrogens with zero attached hydrogens (tertiary/aromatic N) is 1. The minimum Gasteiger partial charge on any atom is -0.370 e. The number of carbonyl (C=O) groups is 4. The molecule has 3 aliphatic heterocycles. The maximum absolute atomic E-state index is 13.8. The Bertz CT molecular complexity index is 1270. The van der Waals surface area contributed by atoms with Crippen LogP contribution in [0.1, 0.15) is 29.5 Å². The highest BCUT2D eigenvalue weighted by atomic mass is 35.5. The molecule has 0 unspecified atom stereocenters. The standard InChI is InChI=1S/C24H22Cl2N4O4/c1-11-8-13(25)9-14-20(11)28-23(34)24(14)19-18(16(29-24)6-7-17(27)31)21(32)30(22(19)33)10-12-4-2-3-5-15(12)26/h2-5,8-9,16,18-19,29H,6-7,10H2,1H3,(H2,27,31)(H,28,34)/p+1/t16-,18+,19-,24+/m0/s1. The van der Waals surface area contributed by atoms with E-state index < -0.39 is 35.2 Å². The van der Waals surface area contributed by atoms with Gasteiger partial charge in [-0.2, -0.15) is 0 Å². The molecule has 5 rings (SSSR count). The molecule has 8 nitrogen and oxygen atoms in total. The van der Waals surface area contributed by atoms with Gasteiger partial charge in [-0.25, -0.2) is 0 Å². The van der Waals surface area contributed by atoms with Crippen molar-refractivity contribution in [1.29, 1.82) is 0 Å². The van der Waals surface area contributed by atoms with Crippen LogP contribution in [-0.2, 0) is 31.3 Å². The molecule has 2 aromatic carbocycles. The topological polar surface area (TPSA) is 126 Å². The summed E-state index contributed by atoms with van der Waals surface area (Å²) in [5.41, 5.74) is 6.60. The monoisotopic (exact) mass is 501 g/mol. The van der Waals surface area contributed by atoms with Crippen molar-refractivity contribution in [3.05, 3.63) is 63.1 Å². The predicted octanol–water partition coefficient (Wildman–Crippen LogP) is 1.46. The number of benzene rings is 2. The number of anilines is 1. The summed E-state index contributed by atoms with van der Waals surface area (Å²) < 4.78 is 0. The third-order valence-electron chi connectivity index (χ3n) is 7.24. The van der Waals surface area contributed by atoms with Gasteiger partial charge in [0.1, 0.15) is 17.9 Å².